The van der Waals surface area contributed by atoms with Crippen molar-refractivity contribution in [2.24, 2.45) is 0 Å². The maximum atomic E-state index is 4.73. The lowest BCUT2D eigenvalue weighted by atomic mass is 10.6. The van der Waals surface area contributed by atoms with Crippen LogP contribution in [0.1, 0.15) is 6.92 Å². The van der Waals surface area contributed by atoms with Crippen LogP contribution in [0, 0.1) is 11.7 Å². The molecule has 3 radical (unpaired) electrons. The van der Waals surface area contributed by atoms with E-state index in [0.29, 0.717) is 6.61 Å². The first-order valence-corrected chi connectivity index (χ1v) is 2.81. The van der Waals surface area contributed by atoms with E-state index in [-0.39, 0.29) is 0 Å². The zero-order valence-corrected chi connectivity index (χ0v) is 5.77. The van der Waals surface area contributed by atoms with Crippen molar-refractivity contribution in [1.29, 1.82) is 0 Å². The van der Waals surface area contributed by atoms with Gasteiger partial charge in [-0.05, 0) is 6.92 Å². The second kappa shape index (κ2) is 6.32. The average molecular weight is 123 g/mol. The molecule has 0 aliphatic heterocycles. The molecule has 0 aromatic carbocycles. The van der Waals surface area contributed by atoms with Crippen molar-refractivity contribution in [1.82, 2.24) is 0 Å². The summed E-state index contributed by atoms with van der Waals surface area (Å²) in [6, 6.07) is 0. The number of rotatable bonds is 2. The van der Waals surface area contributed by atoms with Crippen molar-refractivity contribution in [3.05, 3.63) is 12.2 Å². The van der Waals surface area contributed by atoms with E-state index >= 15 is 0 Å². The van der Waals surface area contributed by atoms with Gasteiger partial charge < -0.3 is 4.74 Å². The predicted molar refractivity (Wildman–Crippen MR) is 34.3 cm³/mol. The van der Waals surface area contributed by atoms with Crippen LogP contribution in [-0.4, -0.2) is 16.8 Å². The number of hydrogen-bond acceptors (Lipinski definition) is 1. The van der Waals surface area contributed by atoms with Crippen molar-refractivity contribution >= 4 is 10.2 Å². The van der Waals surface area contributed by atoms with E-state index < -0.39 is 0 Å². The fourth-order valence-corrected chi connectivity index (χ4v) is 0.294. The largest absolute Gasteiger partial charge is 0.443 e. The van der Waals surface area contributed by atoms with Gasteiger partial charge in [0.05, 0.1) is 0 Å². The first-order valence-electron chi connectivity index (χ1n) is 2.31. The van der Waals surface area contributed by atoms with Crippen molar-refractivity contribution < 1.29 is 4.74 Å². The summed E-state index contributed by atoms with van der Waals surface area (Å²) in [4.78, 5) is 0. The Labute approximate surface area is 53.2 Å². The summed E-state index contributed by atoms with van der Waals surface area (Å²) in [6.07, 6.45) is 6.19. The molecule has 0 aliphatic carbocycles. The number of ether oxygens (including phenoxy) is 1. The Kier molecular flexibility index (Phi) is 5.78. The number of allylic oxidation sites excluding steroid dienone is 1. The number of hydrogen-bond donors (Lipinski definition) is 0. The maximum Gasteiger partial charge on any atom is 0.152 e. The van der Waals surface area contributed by atoms with Gasteiger partial charge in [0.2, 0.25) is 0 Å². The lowest BCUT2D eigenvalue weighted by Crippen LogP contribution is -1.79. The molecule has 0 amide bonds. The second-order valence-corrected chi connectivity index (χ2v) is 1.36. The van der Waals surface area contributed by atoms with Crippen LogP contribution < -0.4 is 0 Å². The van der Waals surface area contributed by atoms with Crippen LogP contribution in [0.15, 0.2) is 12.2 Å². The van der Waals surface area contributed by atoms with Crippen molar-refractivity contribution in [2.75, 3.05) is 6.61 Å². The third-order valence-corrected chi connectivity index (χ3v) is 0.641. The normalized spacial score (nSPS) is 8.25. The SMILES string of the molecule is CC=CCOC#C[Si]. The van der Waals surface area contributed by atoms with Gasteiger partial charge in [-0.3, -0.25) is 0 Å². The summed E-state index contributed by atoms with van der Waals surface area (Å²) < 4.78 is 4.73. The zero-order chi connectivity index (χ0) is 6.24. The Morgan fingerprint density at radius 1 is 1.75 bits per heavy atom. The van der Waals surface area contributed by atoms with E-state index in [1.165, 1.54) is 0 Å². The Balaban J connectivity index is 3.01. The molecule has 0 aliphatic rings. The van der Waals surface area contributed by atoms with E-state index in [1.54, 1.807) is 0 Å². The third kappa shape index (κ3) is 5.32. The van der Waals surface area contributed by atoms with Crippen molar-refractivity contribution in [3.8, 4) is 11.7 Å². The minimum absolute atomic E-state index is 0.563. The molecule has 8 heavy (non-hydrogen) atoms. The summed E-state index contributed by atoms with van der Waals surface area (Å²) in [5.74, 6) is 0. The Morgan fingerprint density at radius 2 is 2.50 bits per heavy atom. The first kappa shape index (κ1) is 7.32. The van der Waals surface area contributed by atoms with E-state index in [2.05, 4.69) is 21.9 Å². The molecule has 0 aromatic rings. The van der Waals surface area contributed by atoms with E-state index in [0.717, 1.165) is 0 Å². The molecular weight excluding hydrogens is 116 g/mol. The highest BCUT2D eigenvalue weighted by Crippen LogP contribution is 1.71. The van der Waals surface area contributed by atoms with Crippen molar-refractivity contribution in [3.63, 3.8) is 0 Å². The smallest absolute Gasteiger partial charge is 0.152 e. The summed E-state index contributed by atoms with van der Waals surface area (Å²) in [5, 5.41) is 0. The van der Waals surface area contributed by atoms with Gasteiger partial charge in [0, 0.05) is 0 Å². The first-order chi connectivity index (χ1) is 3.91. The highest BCUT2D eigenvalue weighted by molar-refractivity contribution is 6.22. The molecule has 0 aromatic heterocycles. The van der Waals surface area contributed by atoms with E-state index in [1.807, 2.05) is 19.1 Å². The standard InChI is InChI=1S/C6H7OSi/c1-2-3-4-7-5-6-8/h2-3H,4H2,1H3. The summed E-state index contributed by atoms with van der Waals surface area (Å²) in [5.41, 5.74) is 2.43. The maximum absolute atomic E-state index is 4.73. The molecule has 0 saturated carbocycles. The van der Waals surface area contributed by atoms with Gasteiger partial charge in [-0.15, -0.1) is 0 Å². The van der Waals surface area contributed by atoms with Crippen LogP contribution in [0.5, 0.6) is 0 Å². The topological polar surface area (TPSA) is 9.23 Å². The van der Waals surface area contributed by atoms with Crippen LogP contribution in [-0.2, 0) is 4.74 Å². The van der Waals surface area contributed by atoms with Gasteiger partial charge >= 0.3 is 0 Å². The molecule has 0 rings (SSSR count). The Bertz CT molecular complexity index is 118. The summed E-state index contributed by atoms with van der Waals surface area (Å²) >= 11 is 0. The Morgan fingerprint density at radius 3 is 3.00 bits per heavy atom. The molecule has 41 valence electrons. The highest BCUT2D eigenvalue weighted by atomic mass is 28.1. The summed E-state index contributed by atoms with van der Waals surface area (Å²) in [7, 11) is 2.93. The zero-order valence-electron chi connectivity index (χ0n) is 4.77. The molecule has 1 nitrogen and oxygen atoms in total. The van der Waals surface area contributed by atoms with Gasteiger partial charge in [-0.2, -0.15) is 0 Å². The molecule has 0 saturated heterocycles. The fraction of sp³-hybridized carbons (Fsp3) is 0.333. The molecule has 0 heterocycles. The molecule has 2 heteroatoms. The van der Waals surface area contributed by atoms with Gasteiger partial charge in [-0.1, -0.05) is 17.7 Å². The minimum atomic E-state index is 0.563. The van der Waals surface area contributed by atoms with Crippen LogP contribution in [0.25, 0.3) is 0 Å². The molecule has 0 fully saturated rings. The molecule has 0 bridgehead atoms. The minimum Gasteiger partial charge on any atom is -0.443 e. The van der Waals surface area contributed by atoms with Crippen molar-refractivity contribution in [2.45, 2.75) is 6.92 Å². The molecule has 0 atom stereocenters. The van der Waals surface area contributed by atoms with Crippen LogP contribution in [0.4, 0.5) is 0 Å². The average Bonchev–Trinajstić information content (AvgIpc) is 1.81. The summed E-state index contributed by atoms with van der Waals surface area (Å²) in [6.45, 7) is 2.50. The lowest BCUT2D eigenvalue weighted by Gasteiger charge is -1.84. The van der Waals surface area contributed by atoms with Gasteiger partial charge in [0.15, 0.2) is 10.2 Å². The van der Waals surface area contributed by atoms with Crippen LogP contribution in [0.3, 0.4) is 0 Å². The van der Waals surface area contributed by atoms with Gasteiger partial charge in [-0.25, -0.2) is 0 Å². The highest BCUT2D eigenvalue weighted by Gasteiger charge is 1.67. The van der Waals surface area contributed by atoms with Crippen LogP contribution in [0.2, 0.25) is 0 Å². The molecular formula is C6H7OSi. The van der Waals surface area contributed by atoms with E-state index in [9.17, 15) is 0 Å². The van der Waals surface area contributed by atoms with Crippen LogP contribution >= 0.6 is 0 Å². The van der Waals surface area contributed by atoms with Gasteiger partial charge in [0.1, 0.15) is 12.7 Å². The predicted octanol–water partition coefficient (Wildman–Crippen LogP) is 0.666. The quantitative estimate of drug-likeness (QED) is 0.227. The fourth-order valence-electron chi connectivity index (χ4n) is 0.222. The lowest BCUT2D eigenvalue weighted by molar-refractivity contribution is 0.321. The third-order valence-electron chi connectivity index (χ3n) is 0.538. The Hall–Kier alpha value is -0.683. The van der Waals surface area contributed by atoms with Gasteiger partial charge in [0.25, 0.3) is 0 Å². The second-order valence-electron chi connectivity index (χ2n) is 1.11. The monoisotopic (exact) mass is 123 g/mol. The molecule has 0 N–H and O–H groups in total. The molecule has 0 unspecified atom stereocenters. The molecule has 0 spiro atoms. The van der Waals surface area contributed by atoms with E-state index in [4.69, 9.17) is 4.74 Å².